The number of aromatic amines is 1. The van der Waals surface area contributed by atoms with Gasteiger partial charge in [0.25, 0.3) is 0 Å². The van der Waals surface area contributed by atoms with Gasteiger partial charge in [-0.1, -0.05) is 24.3 Å². The number of nitrogens with one attached hydrogen (secondary N) is 1. The van der Waals surface area contributed by atoms with Gasteiger partial charge >= 0.3 is 0 Å². The molecular weight excluding hydrogens is 222 g/mol. The molecule has 1 aromatic carbocycles. The average molecular weight is 243 g/mol. The first-order chi connectivity index (χ1) is 8.58. The highest BCUT2D eigenvalue weighted by Gasteiger charge is 2.10. The number of benzene rings is 1. The zero-order valence-electron chi connectivity index (χ0n) is 11.3. The molecule has 1 unspecified atom stereocenters. The number of H-pyrrole nitrogens is 1. The lowest BCUT2D eigenvalue weighted by Crippen LogP contribution is -2.15. The maximum atomic E-state index is 5.78. The normalized spacial score (nSPS) is 12.7. The van der Waals surface area contributed by atoms with E-state index in [1.165, 1.54) is 11.1 Å². The Balaban J connectivity index is 2.27. The van der Waals surface area contributed by atoms with Crippen LogP contribution in [-0.2, 0) is 6.42 Å². The van der Waals surface area contributed by atoms with Gasteiger partial charge in [0.2, 0.25) is 0 Å². The molecule has 0 aliphatic carbocycles. The van der Waals surface area contributed by atoms with E-state index in [2.05, 4.69) is 43.1 Å². The summed E-state index contributed by atoms with van der Waals surface area (Å²) < 4.78 is 0. The highest BCUT2D eigenvalue weighted by Crippen LogP contribution is 2.24. The van der Waals surface area contributed by atoms with E-state index in [1.807, 2.05) is 6.92 Å². The summed E-state index contributed by atoms with van der Waals surface area (Å²) in [5.41, 5.74) is 10.4. The van der Waals surface area contributed by atoms with Gasteiger partial charge < -0.3 is 10.7 Å². The molecule has 3 N–H and O–H groups in total. The molecule has 1 atom stereocenters. The maximum absolute atomic E-state index is 5.78. The van der Waals surface area contributed by atoms with Crippen molar-refractivity contribution in [1.29, 1.82) is 0 Å². The van der Waals surface area contributed by atoms with Crippen molar-refractivity contribution in [3.05, 3.63) is 41.3 Å². The smallest absolute Gasteiger partial charge is 0.107 e. The van der Waals surface area contributed by atoms with E-state index >= 15 is 0 Å². The first kappa shape index (κ1) is 12.8. The third-order valence-corrected chi connectivity index (χ3v) is 3.17. The SMILES string of the molecule is Cc1ccccc1-c1nc(CCC(C)N)[nH]c1C. The Morgan fingerprint density at radius 3 is 2.67 bits per heavy atom. The third-order valence-electron chi connectivity index (χ3n) is 3.17. The van der Waals surface area contributed by atoms with Gasteiger partial charge in [0.1, 0.15) is 5.82 Å². The Morgan fingerprint density at radius 1 is 1.28 bits per heavy atom. The molecule has 0 aliphatic heterocycles. The fourth-order valence-electron chi connectivity index (χ4n) is 2.11. The fourth-order valence-corrected chi connectivity index (χ4v) is 2.11. The molecule has 0 amide bonds. The van der Waals surface area contributed by atoms with E-state index in [9.17, 15) is 0 Å². The van der Waals surface area contributed by atoms with Crippen LogP contribution in [0.15, 0.2) is 24.3 Å². The van der Waals surface area contributed by atoms with Crippen LogP contribution in [0.3, 0.4) is 0 Å². The van der Waals surface area contributed by atoms with Gasteiger partial charge in [-0.15, -0.1) is 0 Å². The molecule has 18 heavy (non-hydrogen) atoms. The molecular formula is C15H21N3. The number of nitrogens with two attached hydrogens (primary N) is 1. The number of aromatic nitrogens is 2. The fraction of sp³-hybridized carbons (Fsp3) is 0.400. The Bertz CT molecular complexity index is 526. The highest BCUT2D eigenvalue weighted by molar-refractivity contribution is 5.65. The summed E-state index contributed by atoms with van der Waals surface area (Å²) in [6.07, 6.45) is 1.87. The molecule has 1 aromatic heterocycles. The molecule has 0 radical (unpaired) electrons. The second-order valence-electron chi connectivity index (χ2n) is 4.99. The molecule has 3 nitrogen and oxygen atoms in total. The Labute approximate surface area is 108 Å². The van der Waals surface area contributed by atoms with Gasteiger partial charge in [-0.3, -0.25) is 0 Å². The molecule has 2 rings (SSSR count). The minimum Gasteiger partial charge on any atom is -0.346 e. The van der Waals surface area contributed by atoms with Crippen molar-refractivity contribution in [2.75, 3.05) is 0 Å². The van der Waals surface area contributed by atoms with Crippen molar-refractivity contribution in [3.63, 3.8) is 0 Å². The lowest BCUT2D eigenvalue weighted by molar-refractivity contribution is 0.651. The summed E-state index contributed by atoms with van der Waals surface area (Å²) >= 11 is 0. The van der Waals surface area contributed by atoms with Crippen molar-refractivity contribution in [2.45, 2.75) is 39.7 Å². The van der Waals surface area contributed by atoms with Crippen LogP contribution in [0.1, 0.15) is 30.4 Å². The van der Waals surface area contributed by atoms with E-state index in [1.54, 1.807) is 0 Å². The zero-order valence-corrected chi connectivity index (χ0v) is 11.3. The van der Waals surface area contributed by atoms with Crippen LogP contribution in [0.4, 0.5) is 0 Å². The van der Waals surface area contributed by atoms with Crippen molar-refractivity contribution in [1.82, 2.24) is 9.97 Å². The van der Waals surface area contributed by atoms with Crippen LogP contribution in [-0.4, -0.2) is 16.0 Å². The molecule has 0 aliphatic rings. The topological polar surface area (TPSA) is 54.7 Å². The van der Waals surface area contributed by atoms with Crippen LogP contribution >= 0.6 is 0 Å². The number of hydrogen-bond acceptors (Lipinski definition) is 2. The predicted octanol–water partition coefficient (Wildman–Crippen LogP) is 2.97. The van der Waals surface area contributed by atoms with Gasteiger partial charge in [0.15, 0.2) is 0 Å². The summed E-state index contributed by atoms with van der Waals surface area (Å²) in [6, 6.07) is 8.56. The molecule has 0 spiro atoms. The Morgan fingerprint density at radius 2 is 2.00 bits per heavy atom. The van der Waals surface area contributed by atoms with Crippen molar-refractivity contribution in [3.8, 4) is 11.3 Å². The zero-order chi connectivity index (χ0) is 13.1. The average Bonchev–Trinajstić information content (AvgIpc) is 2.69. The maximum Gasteiger partial charge on any atom is 0.107 e. The lowest BCUT2D eigenvalue weighted by atomic mass is 10.1. The minimum absolute atomic E-state index is 0.220. The second kappa shape index (κ2) is 5.36. The predicted molar refractivity (Wildman–Crippen MR) is 75.5 cm³/mol. The number of nitrogens with zero attached hydrogens (tertiary/aromatic N) is 1. The van der Waals surface area contributed by atoms with Gasteiger partial charge in [0.05, 0.1) is 5.69 Å². The van der Waals surface area contributed by atoms with Gasteiger partial charge in [-0.2, -0.15) is 0 Å². The molecule has 0 saturated carbocycles. The molecule has 0 saturated heterocycles. The number of aryl methyl sites for hydroxylation is 3. The van der Waals surface area contributed by atoms with Crippen molar-refractivity contribution in [2.24, 2.45) is 5.73 Å². The van der Waals surface area contributed by atoms with E-state index < -0.39 is 0 Å². The number of rotatable bonds is 4. The first-order valence-corrected chi connectivity index (χ1v) is 6.45. The van der Waals surface area contributed by atoms with Crippen LogP contribution in [0.2, 0.25) is 0 Å². The van der Waals surface area contributed by atoms with Gasteiger partial charge in [0, 0.05) is 23.7 Å². The molecule has 0 fully saturated rings. The first-order valence-electron chi connectivity index (χ1n) is 6.45. The largest absolute Gasteiger partial charge is 0.346 e. The molecule has 0 bridgehead atoms. The summed E-state index contributed by atoms with van der Waals surface area (Å²) in [5, 5.41) is 0. The lowest BCUT2D eigenvalue weighted by Gasteiger charge is -2.03. The highest BCUT2D eigenvalue weighted by atomic mass is 14.9. The molecule has 96 valence electrons. The molecule has 2 aromatic rings. The Kier molecular flexibility index (Phi) is 3.82. The van der Waals surface area contributed by atoms with E-state index in [-0.39, 0.29) is 6.04 Å². The summed E-state index contributed by atoms with van der Waals surface area (Å²) in [4.78, 5) is 8.06. The van der Waals surface area contributed by atoms with Gasteiger partial charge in [-0.05, 0) is 32.8 Å². The number of imidazole rings is 1. The summed E-state index contributed by atoms with van der Waals surface area (Å²) in [6.45, 7) is 6.22. The second-order valence-corrected chi connectivity index (χ2v) is 4.99. The summed E-state index contributed by atoms with van der Waals surface area (Å²) in [5.74, 6) is 1.03. The standard InChI is InChI=1S/C15H21N3/c1-10-6-4-5-7-13(10)15-12(3)17-14(18-15)9-8-11(2)16/h4-7,11H,8-9,16H2,1-3H3,(H,17,18). The van der Waals surface area contributed by atoms with Crippen LogP contribution in [0.5, 0.6) is 0 Å². The molecule has 1 heterocycles. The van der Waals surface area contributed by atoms with Crippen LogP contribution < -0.4 is 5.73 Å². The van der Waals surface area contributed by atoms with Crippen molar-refractivity contribution >= 4 is 0 Å². The Hall–Kier alpha value is -1.61. The monoisotopic (exact) mass is 243 g/mol. The van der Waals surface area contributed by atoms with Gasteiger partial charge in [-0.25, -0.2) is 4.98 Å². The minimum atomic E-state index is 0.220. The van der Waals surface area contributed by atoms with E-state index in [0.29, 0.717) is 0 Å². The van der Waals surface area contributed by atoms with E-state index in [0.717, 1.165) is 30.1 Å². The quantitative estimate of drug-likeness (QED) is 0.867. The molecule has 3 heteroatoms. The third kappa shape index (κ3) is 2.79. The number of hydrogen-bond donors (Lipinski definition) is 2. The van der Waals surface area contributed by atoms with Crippen LogP contribution in [0.25, 0.3) is 11.3 Å². The van der Waals surface area contributed by atoms with E-state index in [4.69, 9.17) is 10.7 Å². The van der Waals surface area contributed by atoms with Crippen LogP contribution in [0, 0.1) is 13.8 Å². The summed E-state index contributed by atoms with van der Waals surface area (Å²) in [7, 11) is 0. The van der Waals surface area contributed by atoms with Crippen molar-refractivity contribution < 1.29 is 0 Å².